The summed E-state index contributed by atoms with van der Waals surface area (Å²) in [7, 11) is 0. The molecule has 0 aliphatic carbocycles. The molecule has 0 amide bonds. The predicted octanol–water partition coefficient (Wildman–Crippen LogP) is 11.5. The molecule has 0 fully saturated rings. The van der Waals surface area contributed by atoms with E-state index >= 15 is 8.78 Å². The van der Waals surface area contributed by atoms with Crippen molar-refractivity contribution in [1.82, 2.24) is 0 Å². The van der Waals surface area contributed by atoms with E-state index in [-0.39, 0.29) is 0 Å². The van der Waals surface area contributed by atoms with Gasteiger partial charge < -0.3 is 0 Å². The Bertz CT molecular complexity index is 1030. The molecule has 0 saturated carbocycles. The zero-order valence-electron chi connectivity index (χ0n) is 23.1. The fourth-order valence-corrected chi connectivity index (χ4v) is 5.09. The normalized spacial score (nSPS) is 11.2. The summed E-state index contributed by atoms with van der Waals surface area (Å²) < 4.78 is 30.2. The minimum Gasteiger partial charge on any atom is -0.203 e. The van der Waals surface area contributed by atoms with Gasteiger partial charge in [0.2, 0.25) is 0 Å². The molecule has 0 aromatic heterocycles. The quantitative estimate of drug-likeness (QED) is 0.160. The Labute approximate surface area is 224 Å². The number of aryl methyl sites for hydroxylation is 2. The third-order valence-electron chi connectivity index (χ3n) is 7.50. The predicted molar refractivity (Wildman–Crippen MR) is 156 cm³/mol. The summed E-state index contributed by atoms with van der Waals surface area (Å²) in [5.41, 5.74) is 4.61. The Morgan fingerprint density at radius 3 is 1.08 bits per heavy atom. The summed E-state index contributed by atoms with van der Waals surface area (Å²) in [5.74, 6) is -1.54. The zero-order chi connectivity index (χ0) is 26.3. The molecule has 3 aromatic rings. The summed E-state index contributed by atoms with van der Waals surface area (Å²) >= 11 is 0. The van der Waals surface area contributed by atoms with Gasteiger partial charge in [0, 0.05) is 11.1 Å². The van der Waals surface area contributed by atoms with E-state index in [4.69, 9.17) is 0 Å². The minimum atomic E-state index is -0.770. The maximum atomic E-state index is 15.1. The Kier molecular flexibility index (Phi) is 12.9. The van der Waals surface area contributed by atoms with Crippen LogP contribution in [0.5, 0.6) is 0 Å². The highest BCUT2D eigenvalue weighted by atomic mass is 19.2. The molecule has 2 heteroatoms. The van der Waals surface area contributed by atoms with Crippen molar-refractivity contribution in [3.63, 3.8) is 0 Å². The number of benzene rings is 3. The van der Waals surface area contributed by atoms with Crippen LogP contribution in [-0.4, -0.2) is 0 Å². The summed E-state index contributed by atoms with van der Waals surface area (Å²) in [6.07, 6.45) is 18.8. The molecule has 0 atom stereocenters. The lowest BCUT2D eigenvalue weighted by Crippen LogP contribution is -1.95. The van der Waals surface area contributed by atoms with Crippen molar-refractivity contribution in [2.75, 3.05) is 0 Å². The fourth-order valence-electron chi connectivity index (χ4n) is 5.09. The second-order valence-electron chi connectivity index (χ2n) is 10.6. The van der Waals surface area contributed by atoms with Crippen molar-refractivity contribution in [2.24, 2.45) is 0 Å². The zero-order valence-corrected chi connectivity index (χ0v) is 23.1. The molecule has 0 heterocycles. The van der Waals surface area contributed by atoms with Crippen LogP contribution in [0.25, 0.3) is 22.3 Å². The van der Waals surface area contributed by atoms with E-state index < -0.39 is 11.6 Å². The number of unbranched alkanes of at least 4 members (excludes halogenated alkanes) is 11. The average Bonchev–Trinajstić information content (AvgIpc) is 2.92. The first-order valence-electron chi connectivity index (χ1n) is 14.8. The first kappa shape index (κ1) is 29.1. The fraction of sp³-hybridized carbons (Fsp3) is 0.486. The molecule has 200 valence electrons. The summed E-state index contributed by atoms with van der Waals surface area (Å²) in [4.78, 5) is 0. The number of hydrogen-bond donors (Lipinski definition) is 0. The van der Waals surface area contributed by atoms with E-state index in [2.05, 4.69) is 38.1 Å². The Balaban J connectivity index is 1.55. The van der Waals surface area contributed by atoms with Gasteiger partial charge in [-0.3, -0.25) is 0 Å². The van der Waals surface area contributed by atoms with Crippen molar-refractivity contribution in [2.45, 2.75) is 110 Å². The molecule has 0 aliphatic heterocycles. The van der Waals surface area contributed by atoms with Crippen LogP contribution in [0, 0.1) is 11.6 Å². The summed E-state index contributed by atoms with van der Waals surface area (Å²) in [5, 5.41) is 0. The second-order valence-corrected chi connectivity index (χ2v) is 10.6. The molecule has 0 nitrogen and oxygen atoms in total. The summed E-state index contributed by atoms with van der Waals surface area (Å²) in [6, 6.07) is 19.3. The number of rotatable bonds is 17. The molecular weight excluding hydrogens is 458 g/mol. The molecule has 3 rings (SSSR count). The van der Waals surface area contributed by atoms with Crippen molar-refractivity contribution >= 4 is 0 Å². The van der Waals surface area contributed by atoms with Crippen molar-refractivity contribution in [3.8, 4) is 22.3 Å². The molecule has 37 heavy (non-hydrogen) atoms. The van der Waals surface area contributed by atoms with Gasteiger partial charge in [0.25, 0.3) is 0 Å². The van der Waals surface area contributed by atoms with Gasteiger partial charge in [-0.05, 0) is 47.9 Å². The van der Waals surface area contributed by atoms with Gasteiger partial charge in [-0.2, -0.15) is 0 Å². The Hall–Kier alpha value is -2.48. The van der Waals surface area contributed by atoms with Gasteiger partial charge in [0.1, 0.15) is 0 Å². The molecule has 0 radical (unpaired) electrons. The molecule has 0 bridgehead atoms. The average molecular weight is 505 g/mol. The monoisotopic (exact) mass is 504 g/mol. The molecular formula is C35H46F2. The standard InChI is InChI=1S/C35H46F2/c1-3-5-7-9-11-13-15-17-29-20-24-31(25-21-29)33-27-26-32(34(36)35(33)37)30-22-18-28(19-23-30)16-14-12-10-8-6-4-2/h18-27H,3-17H2,1-2H3. The topological polar surface area (TPSA) is 0 Å². The van der Waals surface area contributed by atoms with Crippen LogP contribution in [0.1, 0.15) is 108 Å². The van der Waals surface area contributed by atoms with Crippen LogP contribution in [-0.2, 0) is 12.8 Å². The van der Waals surface area contributed by atoms with Crippen molar-refractivity contribution in [1.29, 1.82) is 0 Å². The second kappa shape index (κ2) is 16.4. The van der Waals surface area contributed by atoms with Crippen molar-refractivity contribution in [3.05, 3.63) is 83.4 Å². The van der Waals surface area contributed by atoms with Crippen LogP contribution in [0.4, 0.5) is 8.78 Å². The van der Waals surface area contributed by atoms with Gasteiger partial charge in [-0.1, -0.05) is 145 Å². The molecule has 0 N–H and O–H groups in total. The maximum Gasteiger partial charge on any atom is 0.167 e. The molecule has 3 aromatic carbocycles. The molecule has 0 saturated heterocycles. The smallest absolute Gasteiger partial charge is 0.167 e. The third-order valence-corrected chi connectivity index (χ3v) is 7.50. The van der Waals surface area contributed by atoms with E-state index in [0.29, 0.717) is 11.1 Å². The lowest BCUT2D eigenvalue weighted by atomic mass is 9.96. The van der Waals surface area contributed by atoms with Crippen LogP contribution in [0.2, 0.25) is 0 Å². The number of hydrogen-bond acceptors (Lipinski definition) is 0. The highest BCUT2D eigenvalue weighted by molar-refractivity contribution is 5.72. The van der Waals surface area contributed by atoms with Crippen LogP contribution < -0.4 is 0 Å². The van der Waals surface area contributed by atoms with Gasteiger partial charge >= 0.3 is 0 Å². The van der Waals surface area contributed by atoms with Gasteiger partial charge in [-0.25, -0.2) is 8.78 Å². The van der Waals surface area contributed by atoms with E-state index in [1.54, 1.807) is 12.1 Å². The van der Waals surface area contributed by atoms with Crippen LogP contribution in [0.3, 0.4) is 0 Å². The maximum absolute atomic E-state index is 15.1. The van der Waals surface area contributed by atoms with E-state index in [9.17, 15) is 0 Å². The first-order chi connectivity index (χ1) is 18.1. The summed E-state index contributed by atoms with van der Waals surface area (Å²) in [6.45, 7) is 4.48. The Morgan fingerprint density at radius 1 is 0.405 bits per heavy atom. The molecule has 0 unspecified atom stereocenters. The highest BCUT2D eigenvalue weighted by Crippen LogP contribution is 2.32. The number of halogens is 2. The highest BCUT2D eigenvalue weighted by Gasteiger charge is 2.16. The molecule has 0 spiro atoms. The first-order valence-corrected chi connectivity index (χ1v) is 14.8. The Morgan fingerprint density at radius 2 is 0.730 bits per heavy atom. The van der Waals surface area contributed by atoms with E-state index in [1.807, 2.05) is 24.3 Å². The third kappa shape index (κ3) is 9.40. The van der Waals surface area contributed by atoms with Crippen LogP contribution in [0.15, 0.2) is 60.7 Å². The van der Waals surface area contributed by atoms with Gasteiger partial charge in [-0.15, -0.1) is 0 Å². The minimum absolute atomic E-state index is 0.322. The lowest BCUT2D eigenvalue weighted by molar-refractivity contribution is 0.514. The van der Waals surface area contributed by atoms with E-state index in [1.165, 1.54) is 94.6 Å². The SMILES string of the molecule is CCCCCCCCCc1ccc(-c2ccc(-c3ccc(CCCCCCCC)cc3)c(F)c2F)cc1. The van der Waals surface area contributed by atoms with Gasteiger partial charge in [0.05, 0.1) is 0 Å². The largest absolute Gasteiger partial charge is 0.203 e. The van der Waals surface area contributed by atoms with E-state index in [0.717, 1.165) is 24.0 Å². The van der Waals surface area contributed by atoms with Crippen molar-refractivity contribution < 1.29 is 8.78 Å². The lowest BCUT2D eigenvalue weighted by Gasteiger charge is -2.11. The van der Waals surface area contributed by atoms with Gasteiger partial charge in [0.15, 0.2) is 11.6 Å². The van der Waals surface area contributed by atoms with Crippen LogP contribution >= 0.6 is 0 Å². The molecule has 0 aliphatic rings.